The first-order valence-electron chi connectivity index (χ1n) is 8.75. The summed E-state index contributed by atoms with van der Waals surface area (Å²) in [7, 11) is 0. The lowest BCUT2D eigenvalue weighted by atomic mass is 10.0. The lowest BCUT2D eigenvalue weighted by Gasteiger charge is -2.31. The van der Waals surface area contributed by atoms with Crippen LogP contribution >= 0.6 is 11.6 Å². The van der Waals surface area contributed by atoms with Crippen molar-refractivity contribution in [1.82, 2.24) is 20.0 Å². The van der Waals surface area contributed by atoms with Crippen LogP contribution in [0.4, 0.5) is 0 Å². The van der Waals surface area contributed by atoms with Gasteiger partial charge in [0.2, 0.25) is 5.91 Å². The van der Waals surface area contributed by atoms with E-state index >= 15 is 0 Å². The Morgan fingerprint density at radius 2 is 1.77 bits per heavy atom. The lowest BCUT2D eigenvalue weighted by Crippen LogP contribution is -2.45. The van der Waals surface area contributed by atoms with E-state index in [1.165, 1.54) is 0 Å². The highest BCUT2D eigenvalue weighted by Gasteiger charge is 2.22. The van der Waals surface area contributed by atoms with E-state index in [9.17, 15) is 9.59 Å². The molecule has 2 heterocycles. The molecule has 2 aromatic rings. The minimum absolute atomic E-state index is 0.0922. The third-order valence-electron chi connectivity index (χ3n) is 4.85. The van der Waals surface area contributed by atoms with Gasteiger partial charge in [-0.25, -0.2) is 4.68 Å². The Bertz CT molecular complexity index is 821. The number of nitrogens with zero attached hydrogens (tertiary/aromatic N) is 3. The number of rotatable bonds is 3. The number of carbonyl (C=O) groups is 2. The summed E-state index contributed by atoms with van der Waals surface area (Å²) in [6.45, 7) is 6.74. The van der Waals surface area contributed by atoms with Crippen LogP contribution in [0.5, 0.6) is 0 Å². The third kappa shape index (κ3) is 3.75. The van der Waals surface area contributed by atoms with Gasteiger partial charge in [0.1, 0.15) is 0 Å². The van der Waals surface area contributed by atoms with E-state index in [4.69, 9.17) is 11.6 Å². The monoisotopic (exact) mass is 374 g/mol. The molecule has 3 rings (SSSR count). The number of hydrogen-bond acceptors (Lipinski definition) is 3. The molecule has 7 heteroatoms. The number of likely N-dealkylation sites (tertiary alicyclic amines) is 1. The summed E-state index contributed by atoms with van der Waals surface area (Å²) in [5.74, 6) is -0.00107. The Kier molecular flexibility index (Phi) is 5.32. The van der Waals surface area contributed by atoms with Crippen molar-refractivity contribution in [3.05, 3.63) is 46.2 Å². The maximum absolute atomic E-state index is 12.5. The van der Waals surface area contributed by atoms with Crippen LogP contribution in [0.15, 0.2) is 24.3 Å². The van der Waals surface area contributed by atoms with E-state index in [0.717, 1.165) is 29.9 Å². The number of aryl methyl sites for hydroxylation is 1. The van der Waals surface area contributed by atoms with Crippen LogP contribution in [0, 0.1) is 13.8 Å². The Hall–Kier alpha value is -2.34. The zero-order valence-electron chi connectivity index (χ0n) is 15.3. The molecule has 0 radical (unpaired) electrons. The van der Waals surface area contributed by atoms with Crippen LogP contribution in [0.1, 0.15) is 41.5 Å². The van der Waals surface area contributed by atoms with E-state index in [1.54, 1.807) is 23.7 Å². The van der Waals surface area contributed by atoms with Crippen LogP contribution in [-0.4, -0.2) is 45.6 Å². The van der Waals surface area contributed by atoms with Crippen molar-refractivity contribution in [3.63, 3.8) is 0 Å². The molecule has 0 unspecified atom stereocenters. The average Bonchev–Trinajstić information content (AvgIpc) is 2.89. The van der Waals surface area contributed by atoms with E-state index < -0.39 is 0 Å². The maximum atomic E-state index is 12.5. The van der Waals surface area contributed by atoms with Crippen LogP contribution < -0.4 is 5.32 Å². The highest BCUT2D eigenvalue weighted by atomic mass is 35.5. The van der Waals surface area contributed by atoms with Gasteiger partial charge < -0.3 is 10.2 Å². The number of benzene rings is 1. The van der Waals surface area contributed by atoms with Crippen LogP contribution in [0.25, 0.3) is 5.69 Å². The average molecular weight is 375 g/mol. The molecule has 6 nitrogen and oxygen atoms in total. The largest absolute Gasteiger partial charge is 0.349 e. The van der Waals surface area contributed by atoms with Gasteiger partial charge in [-0.2, -0.15) is 5.10 Å². The van der Waals surface area contributed by atoms with Gasteiger partial charge in [-0.15, -0.1) is 0 Å². The van der Waals surface area contributed by atoms with Gasteiger partial charge in [0.05, 0.1) is 22.1 Å². The van der Waals surface area contributed by atoms with Crippen molar-refractivity contribution in [3.8, 4) is 5.69 Å². The van der Waals surface area contributed by atoms with Crippen LogP contribution in [0.2, 0.25) is 5.02 Å². The van der Waals surface area contributed by atoms with Gasteiger partial charge in [0.15, 0.2) is 0 Å². The number of hydrogen-bond donors (Lipinski definition) is 1. The molecule has 1 aliphatic heterocycles. The second-order valence-corrected chi connectivity index (χ2v) is 7.08. The molecular formula is C19H23ClN4O2. The molecule has 1 aliphatic rings. The zero-order chi connectivity index (χ0) is 18.8. The summed E-state index contributed by atoms with van der Waals surface area (Å²) in [6, 6.07) is 7.42. The van der Waals surface area contributed by atoms with E-state index in [1.807, 2.05) is 30.9 Å². The summed E-state index contributed by atoms with van der Waals surface area (Å²) in [4.78, 5) is 25.7. The Balaban J connectivity index is 1.64. The zero-order valence-corrected chi connectivity index (χ0v) is 16.0. The summed E-state index contributed by atoms with van der Waals surface area (Å²) in [5.41, 5.74) is 3.13. The minimum atomic E-state index is -0.0933. The second kappa shape index (κ2) is 7.50. The van der Waals surface area contributed by atoms with Crippen LogP contribution in [-0.2, 0) is 4.79 Å². The van der Waals surface area contributed by atoms with Crippen molar-refractivity contribution in [1.29, 1.82) is 0 Å². The van der Waals surface area contributed by atoms with Gasteiger partial charge >= 0.3 is 0 Å². The molecule has 0 bridgehead atoms. The molecule has 0 spiro atoms. The number of amides is 2. The van der Waals surface area contributed by atoms with Gasteiger partial charge in [0, 0.05) is 31.6 Å². The first-order valence-corrected chi connectivity index (χ1v) is 9.13. The highest BCUT2D eigenvalue weighted by Crippen LogP contribution is 2.22. The number of nitrogens with one attached hydrogen (secondary N) is 1. The summed E-state index contributed by atoms with van der Waals surface area (Å²) in [6.07, 6.45) is 1.57. The van der Waals surface area contributed by atoms with E-state index in [-0.39, 0.29) is 17.9 Å². The van der Waals surface area contributed by atoms with Gasteiger partial charge in [-0.1, -0.05) is 11.6 Å². The van der Waals surface area contributed by atoms with Crippen molar-refractivity contribution in [2.24, 2.45) is 0 Å². The molecule has 26 heavy (non-hydrogen) atoms. The molecule has 0 aliphatic carbocycles. The van der Waals surface area contributed by atoms with Gasteiger partial charge in [-0.05, 0) is 51.0 Å². The third-order valence-corrected chi connectivity index (χ3v) is 5.40. The van der Waals surface area contributed by atoms with Crippen molar-refractivity contribution in [2.45, 2.75) is 39.7 Å². The molecule has 1 aromatic heterocycles. The number of piperidine rings is 1. The number of carbonyl (C=O) groups excluding carboxylic acids is 2. The molecule has 0 saturated carbocycles. The Labute approximate surface area is 158 Å². The molecule has 1 aromatic carbocycles. The molecule has 2 amide bonds. The van der Waals surface area contributed by atoms with Gasteiger partial charge in [-0.3, -0.25) is 9.59 Å². The topological polar surface area (TPSA) is 67.2 Å². The fourth-order valence-corrected chi connectivity index (χ4v) is 3.35. The SMILES string of the molecule is CC(=O)N1CCC(NC(=O)c2ccc(-n3nc(C)c(Cl)c3C)cc2)CC1. The first kappa shape index (κ1) is 18.5. The number of aromatic nitrogens is 2. The first-order chi connectivity index (χ1) is 12.4. The summed E-state index contributed by atoms with van der Waals surface area (Å²) < 4.78 is 1.77. The van der Waals surface area contributed by atoms with Crippen molar-refractivity contribution in [2.75, 3.05) is 13.1 Å². The Morgan fingerprint density at radius 1 is 1.15 bits per heavy atom. The fourth-order valence-electron chi connectivity index (χ4n) is 3.24. The predicted molar refractivity (Wildman–Crippen MR) is 101 cm³/mol. The lowest BCUT2D eigenvalue weighted by molar-refractivity contribution is -0.129. The van der Waals surface area contributed by atoms with Crippen molar-refractivity contribution < 1.29 is 9.59 Å². The Morgan fingerprint density at radius 3 is 2.27 bits per heavy atom. The predicted octanol–water partition coefficient (Wildman–Crippen LogP) is 2.88. The molecular weight excluding hydrogens is 352 g/mol. The summed E-state index contributed by atoms with van der Waals surface area (Å²) in [5, 5.41) is 8.14. The van der Waals surface area contributed by atoms with E-state index in [2.05, 4.69) is 10.4 Å². The number of halogens is 1. The standard InChI is InChI=1S/C19H23ClN4O2/c1-12-18(20)13(2)24(22-12)17-6-4-15(5-7-17)19(26)21-16-8-10-23(11-9-16)14(3)25/h4-7,16H,8-11H2,1-3H3,(H,21,26). The molecule has 0 atom stereocenters. The van der Waals surface area contributed by atoms with Crippen molar-refractivity contribution >= 4 is 23.4 Å². The maximum Gasteiger partial charge on any atom is 0.251 e. The fraction of sp³-hybridized carbons (Fsp3) is 0.421. The molecule has 138 valence electrons. The van der Waals surface area contributed by atoms with Crippen LogP contribution in [0.3, 0.4) is 0 Å². The second-order valence-electron chi connectivity index (χ2n) is 6.70. The molecule has 1 fully saturated rings. The summed E-state index contributed by atoms with van der Waals surface area (Å²) >= 11 is 6.20. The minimum Gasteiger partial charge on any atom is -0.349 e. The van der Waals surface area contributed by atoms with Gasteiger partial charge in [0.25, 0.3) is 5.91 Å². The highest BCUT2D eigenvalue weighted by molar-refractivity contribution is 6.31. The van der Waals surface area contributed by atoms with E-state index in [0.29, 0.717) is 23.7 Å². The molecule has 1 N–H and O–H groups in total. The normalized spacial score (nSPS) is 15.2. The quantitative estimate of drug-likeness (QED) is 0.898. The smallest absolute Gasteiger partial charge is 0.251 e. The molecule has 1 saturated heterocycles.